The van der Waals surface area contributed by atoms with Crippen LogP contribution in [0.15, 0.2) is 66.9 Å². The average Bonchev–Trinajstić information content (AvgIpc) is 3.64. The van der Waals surface area contributed by atoms with Crippen LogP contribution < -0.4 is 10.5 Å². The van der Waals surface area contributed by atoms with Gasteiger partial charge in [0.1, 0.15) is 28.9 Å². The summed E-state index contributed by atoms with van der Waals surface area (Å²) in [6.07, 6.45) is 2.01. The van der Waals surface area contributed by atoms with Crippen molar-refractivity contribution in [2.24, 2.45) is 0 Å². The van der Waals surface area contributed by atoms with Gasteiger partial charge in [0, 0.05) is 34.9 Å². The zero-order chi connectivity index (χ0) is 28.1. The lowest BCUT2D eigenvalue weighted by Gasteiger charge is -2.35. The molecule has 2 aromatic carbocycles. The minimum Gasteiger partial charge on any atom is -0.493 e. The number of pyridine rings is 2. The highest BCUT2D eigenvalue weighted by Gasteiger charge is 2.33. The molecule has 3 aromatic heterocycles. The van der Waals surface area contributed by atoms with E-state index in [4.69, 9.17) is 15.2 Å². The highest BCUT2D eigenvalue weighted by atomic mass is 19.1. The third-order valence-corrected chi connectivity index (χ3v) is 7.71. The van der Waals surface area contributed by atoms with Crippen molar-refractivity contribution in [2.45, 2.75) is 32.2 Å². The van der Waals surface area contributed by atoms with Crippen LogP contribution in [0.3, 0.4) is 0 Å². The summed E-state index contributed by atoms with van der Waals surface area (Å²) < 4.78 is 40.2. The van der Waals surface area contributed by atoms with Crippen LogP contribution in [0.1, 0.15) is 45.3 Å². The molecule has 0 fully saturated rings. The van der Waals surface area contributed by atoms with E-state index >= 15 is 0 Å². The number of nitrogens with zero attached hydrogens (tertiary/aromatic N) is 3. The van der Waals surface area contributed by atoms with Gasteiger partial charge in [0.2, 0.25) is 0 Å². The van der Waals surface area contributed by atoms with Crippen LogP contribution in [-0.2, 0) is 24.5 Å². The minimum absolute atomic E-state index is 0.140. The monoisotopic (exact) mass is 553 g/mol. The summed E-state index contributed by atoms with van der Waals surface area (Å²) in [5.41, 5.74) is 11.2. The largest absolute Gasteiger partial charge is 0.493 e. The quantitative estimate of drug-likeness (QED) is 0.290. The van der Waals surface area contributed by atoms with Gasteiger partial charge in [-0.25, -0.2) is 13.8 Å². The maximum Gasteiger partial charge on any atom is 0.271 e. The highest BCUT2D eigenvalue weighted by molar-refractivity contribution is 5.98. The molecule has 206 valence electrons. The molecular weight excluding hydrogens is 528 g/mol. The van der Waals surface area contributed by atoms with Crippen molar-refractivity contribution in [1.29, 1.82) is 0 Å². The first-order valence-corrected chi connectivity index (χ1v) is 13.3. The van der Waals surface area contributed by atoms with E-state index in [1.807, 2.05) is 24.3 Å². The number of halogens is 2. The van der Waals surface area contributed by atoms with E-state index in [1.165, 1.54) is 24.4 Å². The molecule has 0 spiro atoms. The first-order valence-electron chi connectivity index (χ1n) is 13.3. The second-order valence-corrected chi connectivity index (χ2v) is 10.1. The molecule has 0 bridgehead atoms. The molecule has 1 unspecified atom stereocenters. The standard InChI is InChI=1S/C31H25F2N5O3/c32-22-5-3-6-23(33)28(22)17-8-9-18(35-13-17)14-38(26-10-11-41-27-7-2-1-4-19(26)27)31(39)25-12-24-29(36-25)20-15-40-16-21(20)30(34)37-24/h1-9,12-13,26,36H,10-11,14-16H2,(H2,34,37). The molecule has 2 aliphatic heterocycles. The van der Waals surface area contributed by atoms with Gasteiger partial charge in [-0.05, 0) is 30.3 Å². The first-order chi connectivity index (χ1) is 20.0. The second-order valence-electron chi connectivity index (χ2n) is 10.1. The highest BCUT2D eigenvalue weighted by Crippen LogP contribution is 2.38. The number of para-hydroxylation sites is 1. The molecule has 0 saturated heterocycles. The van der Waals surface area contributed by atoms with Crippen LogP contribution in [0.5, 0.6) is 5.75 Å². The molecule has 1 amide bonds. The molecule has 0 saturated carbocycles. The van der Waals surface area contributed by atoms with E-state index in [2.05, 4.69) is 15.0 Å². The van der Waals surface area contributed by atoms with Gasteiger partial charge in [-0.15, -0.1) is 0 Å². The van der Waals surface area contributed by atoms with Crippen molar-refractivity contribution in [2.75, 3.05) is 12.3 Å². The second kappa shape index (κ2) is 9.97. The number of carbonyl (C=O) groups is 1. The number of H-pyrrole nitrogens is 1. The van der Waals surface area contributed by atoms with Crippen LogP contribution >= 0.6 is 0 Å². The van der Waals surface area contributed by atoms with Crippen molar-refractivity contribution < 1.29 is 23.0 Å². The number of rotatable bonds is 5. The molecule has 7 rings (SSSR count). The number of anilines is 1. The zero-order valence-corrected chi connectivity index (χ0v) is 21.9. The van der Waals surface area contributed by atoms with Crippen molar-refractivity contribution >= 4 is 22.8 Å². The maximum atomic E-state index is 14.4. The molecule has 10 heteroatoms. The molecule has 41 heavy (non-hydrogen) atoms. The molecular formula is C31H25F2N5O3. The molecule has 5 heterocycles. The number of hydrogen-bond acceptors (Lipinski definition) is 6. The number of carbonyl (C=O) groups excluding carboxylic acids is 1. The summed E-state index contributed by atoms with van der Waals surface area (Å²) in [6, 6.07) is 16.1. The van der Waals surface area contributed by atoms with Gasteiger partial charge in [0.25, 0.3) is 5.91 Å². The van der Waals surface area contributed by atoms with E-state index < -0.39 is 11.6 Å². The number of nitrogen functional groups attached to an aromatic ring is 1. The lowest BCUT2D eigenvalue weighted by molar-refractivity contribution is 0.0594. The van der Waals surface area contributed by atoms with Crippen LogP contribution in [0.25, 0.3) is 22.2 Å². The SMILES string of the molecule is Nc1nc2cc(C(=O)N(Cc3ccc(-c4c(F)cccc4F)cn3)C3CCOc4ccccc43)[nH]c2c2c1COC2. The summed E-state index contributed by atoms with van der Waals surface area (Å²) in [6.45, 7) is 1.38. The van der Waals surface area contributed by atoms with Gasteiger partial charge in [-0.1, -0.05) is 30.3 Å². The van der Waals surface area contributed by atoms with Crippen LogP contribution in [0, 0.1) is 11.6 Å². The Morgan fingerprint density at radius 3 is 2.66 bits per heavy atom. The molecule has 2 aliphatic rings. The summed E-state index contributed by atoms with van der Waals surface area (Å²) in [5, 5.41) is 0. The summed E-state index contributed by atoms with van der Waals surface area (Å²) in [5.74, 6) is -0.461. The summed E-state index contributed by atoms with van der Waals surface area (Å²) >= 11 is 0. The van der Waals surface area contributed by atoms with E-state index in [0.29, 0.717) is 54.5 Å². The Morgan fingerprint density at radius 2 is 1.85 bits per heavy atom. The molecule has 1 atom stereocenters. The lowest BCUT2D eigenvalue weighted by atomic mass is 9.98. The third kappa shape index (κ3) is 4.36. The predicted octanol–water partition coefficient (Wildman–Crippen LogP) is 5.68. The molecule has 0 aliphatic carbocycles. The van der Waals surface area contributed by atoms with E-state index in [9.17, 15) is 13.6 Å². The Morgan fingerprint density at radius 1 is 1.05 bits per heavy atom. The van der Waals surface area contributed by atoms with Crippen molar-refractivity contribution in [3.63, 3.8) is 0 Å². The predicted molar refractivity (Wildman–Crippen MR) is 148 cm³/mol. The summed E-state index contributed by atoms with van der Waals surface area (Å²) in [4.78, 5) is 28.2. The Bertz CT molecular complexity index is 1780. The molecule has 3 N–H and O–H groups in total. The van der Waals surface area contributed by atoms with Crippen LogP contribution in [0.4, 0.5) is 14.6 Å². The molecule has 0 radical (unpaired) electrons. The average molecular weight is 554 g/mol. The number of nitrogens with one attached hydrogen (secondary N) is 1. The zero-order valence-electron chi connectivity index (χ0n) is 21.9. The number of benzene rings is 2. The number of aromatic nitrogens is 3. The van der Waals surface area contributed by atoms with Gasteiger partial charge in [-0.2, -0.15) is 0 Å². The van der Waals surface area contributed by atoms with Crippen molar-refractivity contribution in [3.8, 4) is 16.9 Å². The van der Waals surface area contributed by atoms with Crippen molar-refractivity contribution in [3.05, 3.63) is 107 Å². The van der Waals surface area contributed by atoms with E-state index in [-0.39, 0.29) is 24.1 Å². The fraction of sp³-hybridized carbons (Fsp3) is 0.194. The van der Waals surface area contributed by atoms with E-state index in [0.717, 1.165) is 28.0 Å². The Hall–Kier alpha value is -4.83. The van der Waals surface area contributed by atoms with E-state index in [1.54, 1.807) is 23.1 Å². The Kier molecular flexibility index (Phi) is 6.12. The normalized spacial score (nSPS) is 15.8. The number of fused-ring (bicyclic) bond motifs is 4. The number of amides is 1. The first kappa shape index (κ1) is 25.2. The number of ether oxygens (including phenoxy) is 2. The third-order valence-electron chi connectivity index (χ3n) is 7.71. The minimum atomic E-state index is -0.667. The number of aromatic amines is 1. The maximum absolute atomic E-state index is 14.4. The lowest BCUT2D eigenvalue weighted by Crippen LogP contribution is -2.37. The van der Waals surface area contributed by atoms with Crippen LogP contribution in [-0.4, -0.2) is 32.4 Å². The topological polar surface area (TPSA) is 106 Å². The van der Waals surface area contributed by atoms with Gasteiger partial charge in [-0.3, -0.25) is 9.78 Å². The van der Waals surface area contributed by atoms with Gasteiger partial charge >= 0.3 is 0 Å². The summed E-state index contributed by atoms with van der Waals surface area (Å²) in [7, 11) is 0. The molecule has 8 nitrogen and oxygen atoms in total. The van der Waals surface area contributed by atoms with Gasteiger partial charge in [0.15, 0.2) is 0 Å². The van der Waals surface area contributed by atoms with Crippen LogP contribution in [0.2, 0.25) is 0 Å². The van der Waals surface area contributed by atoms with Crippen molar-refractivity contribution in [1.82, 2.24) is 19.9 Å². The fourth-order valence-electron chi connectivity index (χ4n) is 5.69. The van der Waals surface area contributed by atoms with Gasteiger partial charge < -0.3 is 25.1 Å². The smallest absolute Gasteiger partial charge is 0.271 e. The van der Waals surface area contributed by atoms with Gasteiger partial charge in [0.05, 0.1) is 54.7 Å². The Labute approximate surface area is 233 Å². The number of hydrogen-bond donors (Lipinski definition) is 2. The fourth-order valence-corrected chi connectivity index (χ4v) is 5.69. The molecule has 5 aromatic rings. The Balaban J connectivity index is 1.27. The number of nitrogens with two attached hydrogens (primary N) is 1.